The van der Waals surface area contributed by atoms with E-state index < -0.39 is 0 Å². The van der Waals surface area contributed by atoms with Crippen molar-refractivity contribution in [2.24, 2.45) is 0 Å². The molecule has 6 nitrogen and oxygen atoms in total. The molecule has 0 N–H and O–H groups in total. The van der Waals surface area contributed by atoms with Crippen molar-refractivity contribution in [1.29, 1.82) is 0 Å². The van der Waals surface area contributed by atoms with Crippen LogP contribution in [-0.2, 0) is 22.5 Å². The molecule has 4 rings (SSSR count). The average molecular weight is 349 g/mol. The number of aromatic nitrogens is 3. The molecule has 1 aliphatic carbocycles. The molecule has 1 atom stereocenters. The Balaban J connectivity index is 1.44. The molecule has 26 heavy (non-hydrogen) atoms. The first-order valence-corrected chi connectivity index (χ1v) is 8.82. The molecule has 0 radical (unpaired) electrons. The first kappa shape index (κ1) is 16.4. The highest BCUT2D eigenvalue weighted by Crippen LogP contribution is 2.32. The van der Waals surface area contributed by atoms with Crippen LogP contribution in [0.25, 0.3) is 10.9 Å². The van der Waals surface area contributed by atoms with Crippen LogP contribution in [0.15, 0.2) is 53.3 Å². The van der Waals surface area contributed by atoms with Crippen LogP contribution in [0.1, 0.15) is 36.5 Å². The molecule has 1 heterocycles. The van der Waals surface area contributed by atoms with E-state index in [-0.39, 0.29) is 30.6 Å². The lowest BCUT2D eigenvalue weighted by atomic mass is 9.89. The van der Waals surface area contributed by atoms with Gasteiger partial charge >= 0.3 is 5.97 Å². The van der Waals surface area contributed by atoms with Gasteiger partial charge in [0, 0.05) is 0 Å². The molecule has 1 aliphatic rings. The number of fused-ring (bicyclic) bond motifs is 2. The molecule has 0 unspecified atom stereocenters. The summed E-state index contributed by atoms with van der Waals surface area (Å²) in [4.78, 5) is 24.7. The Bertz CT molecular complexity index is 1010. The molecule has 2 aromatic carbocycles. The number of hydrogen-bond acceptors (Lipinski definition) is 5. The van der Waals surface area contributed by atoms with Gasteiger partial charge in [-0.3, -0.25) is 9.59 Å². The average Bonchev–Trinajstić information content (AvgIpc) is 2.68. The van der Waals surface area contributed by atoms with Gasteiger partial charge in [-0.1, -0.05) is 41.6 Å². The number of carbonyl (C=O) groups is 1. The third kappa shape index (κ3) is 3.22. The van der Waals surface area contributed by atoms with Crippen molar-refractivity contribution in [3.05, 3.63) is 70.0 Å². The van der Waals surface area contributed by atoms with Crippen LogP contribution in [0.3, 0.4) is 0 Å². The first-order valence-electron chi connectivity index (χ1n) is 8.82. The molecular formula is C20H19N3O3. The van der Waals surface area contributed by atoms with Gasteiger partial charge in [-0.2, -0.15) is 0 Å². The monoisotopic (exact) mass is 349 g/mol. The summed E-state index contributed by atoms with van der Waals surface area (Å²) in [7, 11) is 0. The van der Waals surface area contributed by atoms with Crippen molar-refractivity contribution < 1.29 is 9.53 Å². The highest BCUT2D eigenvalue weighted by atomic mass is 16.5. The molecule has 0 fully saturated rings. The van der Waals surface area contributed by atoms with Crippen LogP contribution in [-0.4, -0.2) is 21.0 Å². The highest BCUT2D eigenvalue weighted by Gasteiger charge is 2.23. The van der Waals surface area contributed by atoms with Crippen LogP contribution >= 0.6 is 0 Å². The number of hydrogen-bond donors (Lipinski definition) is 0. The van der Waals surface area contributed by atoms with E-state index in [1.54, 1.807) is 24.3 Å². The summed E-state index contributed by atoms with van der Waals surface area (Å²) in [5, 5.41) is 8.43. The Hall–Kier alpha value is -3.02. The van der Waals surface area contributed by atoms with E-state index in [2.05, 4.69) is 16.4 Å². The van der Waals surface area contributed by atoms with E-state index in [4.69, 9.17) is 4.74 Å². The Kier molecular flexibility index (Phi) is 4.48. The molecule has 0 spiro atoms. The zero-order valence-electron chi connectivity index (χ0n) is 14.3. The van der Waals surface area contributed by atoms with Crippen LogP contribution in [0.2, 0.25) is 0 Å². The zero-order chi connectivity index (χ0) is 17.9. The molecule has 3 aromatic rings. The largest absolute Gasteiger partial charge is 0.457 e. The molecule has 0 amide bonds. The van der Waals surface area contributed by atoms with Crippen LogP contribution in [0, 0.1) is 0 Å². The minimum absolute atomic E-state index is 0.0889. The molecule has 6 heteroatoms. The summed E-state index contributed by atoms with van der Waals surface area (Å²) in [6.45, 7) is 0.157. The Labute approximate surface area is 150 Å². The molecule has 132 valence electrons. The number of nitrogens with zero attached hydrogens (tertiary/aromatic N) is 3. The fourth-order valence-electron chi connectivity index (χ4n) is 3.42. The Morgan fingerprint density at radius 3 is 2.88 bits per heavy atom. The van der Waals surface area contributed by atoms with Crippen LogP contribution in [0.4, 0.5) is 0 Å². The van der Waals surface area contributed by atoms with Crippen LogP contribution in [0.5, 0.6) is 0 Å². The van der Waals surface area contributed by atoms with Gasteiger partial charge in [-0.25, -0.2) is 4.68 Å². The molecule has 0 saturated heterocycles. The second-order valence-electron chi connectivity index (χ2n) is 6.45. The minimum atomic E-state index is -0.325. The molecule has 0 bridgehead atoms. The summed E-state index contributed by atoms with van der Waals surface area (Å²) in [6, 6.07) is 15.1. The van der Waals surface area contributed by atoms with Crippen molar-refractivity contribution in [1.82, 2.24) is 15.0 Å². The fourth-order valence-corrected chi connectivity index (χ4v) is 3.42. The number of ether oxygens (including phenoxy) is 1. The maximum absolute atomic E-state index is 12.4. The fraction of sp³-hybridized carbons (Fsp3) is 0.300. The van der Waals surface area contributed by atoms with Crippen molar-refractivity contribution in [3.63, 3.8) is 0 Å². The van der Waals surface area contributed by atoms with E-state index in [1.807, 2.05) is 18.2 Å². The predicted molar refractivity (Wildman–Crippen MR) is 96.6 cm³/mol. The summed E-state index contributed by atoms with van der Waals surface area (Å²) >= 11 is 0. The lowest BCUT2D eigenvalue weighted by molar-refractivity contribution is -0.150. The van der Waals surface area contributed by atoms with Crippen molar-refractivity contribution in [2.45, 2.75) is 38.3 Å². The van der Waals surface area contributed by atoms with E-state index in [1.165, 1.54) is 10.2 Å². The van der Waals surface area contributed by atoms with E-state index in [9.17, 15) is 9.59 Å². The van der Waals surface area contributed by atoms with Gasteiger partial charge in [0.2, 0.25) is 0 Å². The Morgan fingerprint density at radius 2 is 1.96 bits per heavy atom. The number of benzene rings is 2. The third-order valence-electron chi connectivity index (χ3n) is 4.75. The van der Waals surface area contributed by atoms with Crippen molar-refractivity contribution in [2.75, 3.05) is 0 Å². The summed E-state index contributed by atoms with van der Waals surface area (Å²) in [5.74, 6) is -0.325. The highest BCUT2D eigenvalue weighted by molar-refractivity contribution is 5.76. The lowest BCUT2D eigenvalue weighted by Crippen LogP contribution is -2.26. The minimum Gasteiger partial charge on any atom is -0.457 e. The second-order valence-corrected chi connectivity index (χ2v) is 6.45. The van der Waals surface area contributed by atoms with E-state index >= 15 is 0 Å². The van der Waals surface area contributed by atoms with Gasteiger partial charge < -0.3 is 4.74 Å². The van der Waals surface area contributed by atoms with Gasteiger partial charge in [-0.15, -0.1) is 5.10 Å². The summed E-state index contributed by atoms with van der Waals surface area (Å²) < 4.78 is 6.89. The quantitative estimate of drug-likeness (QED) is 0.677. The van der Waals surface area contributed by atoms with Gasteiger partial charge in [0.1, 0.15) is 11.6 Å². The molecule has 0 aliphatic heterocycles. The number of carbonyl (C=O) groups excluding carboxylic acids is 1. The van der Waals surface area contributed by atoms with Gasteiger partial charge in [0.15, 0.2) is 0 Å². The zero-order valence-corrected chi connectivity index (χ0v) is 14.3. The van der Waals surface area contributed by atoms with E-state index in [0.29, 0.717) is 10.9 Å². The molecular weight excluding hydrogens is 330 g/mol. The second kappa shape index (κ2) is 7.07. The maximum atomic E-state index is 12.4. The predicted octanol–water partition coefficient (Wildman–Crippen LogP) is 2.80. The molecule has 1 aromatic heterocycles. The smallest absolute Gasteiger partial charge is 0.308 e. The van der Waals surface area contributed by atoms with E-state index in [0.717, 1.165) is 24.8 Å². The Morgan fingerprint density at radius 1 is 1.15 bits per heavy atom. The first-order chi connectivity index (χ1) is 12.7. The van der Waals surface area contributed by atoms with Crippen molar-refractivity contribution in [3.8, 4) is 0 Å². The third-order valence-corrected chi connectivity index (χ3v) is 4.75. The van der Waals surface area contributed by atoms with Crippen molar-refractivity contribution >= 4 is 16.9 Å². The summed E-state index contributed by atoms with van der Waals surface area (Å²) in [5.41, 5.74) is 2.64. The van der Waals surface area contributed by atoms with Gasteiger partial charge in [0.25, 0.3) is 5.56 Å². The van der Waals surface area contributed by atoms with Gasteiger partial charge in [-0.05, 0) is 42.5 Å². The lowest BCUT2D eigenvalue weighted by Gasteiger charge is -2.25. The summed E-state index contributed by atoms with van der Waals surface area (Å²) in [6.07, 6.45) is 2.74. The number of rotatable bonds is 4. The number of esters is 1. The SMILES string of the molecule is O=C(CCn1nnc2ccccc2c1=O)O[C@H]1CCCc2ccccc21. The standard InChI is InChI=1S/C20H19N3O3/c24-19(26-18-11-5-7-14-6-1-2-8-15(14)18)12-13-23-20(25)16-9-3-4-10-17(16)21-22-23/h1-4,6,8-10,18H,5,7,11-13H2/t18-/m0/s1. The number of aryl methyl sites for hydroxylation is 2. The normalized spacial score (nSPS) is 16.2. The van der Waals surface area contributed by atoms with Crippen LogP contribution < -0.4 is 5.56 Å². The molecule has 0 saturated carbocycles. The van der Waals surface area contributed by atoms with Gasteiger partial charge in [0.05, 0.1) is 18.4 Å². The maximum Gasteiger partial charge on any atom is 0.308 e. The topological polar surface area (TPSA) is 74.1 Å².